The molecule has 0 aliphatic carbocycles. The highest BCUT2D eigenvalue weighted by Crippen LogP contribution is 2.25. The number of hydrogen-bond donors (Lipinski definition) is 4. The molecular weight excluding hydrogens is 815 g/mol. The van der Waals surface area contributed by atoms with Crippen LogP contribution in [0.3, 0.4) is 0 Å². The van der Waals surface area contributed by atoms with Gasteiger partial charge >= 0.3 is 6.09 Å². The second-order valence-corrected chi connectivity index (χ2v) is 15.7. The molecule has 4 aromatic carbocycles. The zero-order valence-electron chi connectivity index (χ0n) is 35.9. The molecule has 5 rings (SSSR count). The Kier molecular flexibility index (Phi) is 16.5. The summed E-state index contributed by atoms with van der Waals surface area (Å²) in [7, 11) is 3.89. The minimum atomic E-state index is -1.11. The topological polar surface area (TPSA) is 208 Å². The van der Waals surface area contributed by atoms with Crippen LogP contribution < -0.4 is 31.3 Å². The van der Waals surface area contributed by atoms with Crippen LogP contribution in [-0.4, -0.2) is 84.1 Å². The molecular formula is C45H52F2N10O6. The first-order valence-corrected chi connectivity index (χ1v) is 20.3. The van der Waals surface area contributed by atoms with Crippen molar-refractivity contribution in [3.05, 3.63) is 125 Å². The van der Waals surface area contributed by atoms with E-state index in [0.717, 1.165) is 17.8 Å². The van der Waals surface area contributed by atoms with E-state index in [1.54, 1.807) is 75.5 Å². The lowest BCUT2D eigenvalue weighted by Crippen LogP contribution is -2.43. The third-order valence-corrected chi connectivity index (χ3v) is 9.30. The highest BCUT2D eigenvalue weighted by atomic mass is 19.1. The number of nitrogens with one attached hydrogen (secondary N) is 3. The first-order valence-electron chi connectivity index (χ1n) is 20.3. The van der Waals surface area contributed by atoms with Gasteiger partial charge in [-0.2, -0.15) is 10.2 Å². The fraction of sp³-hybridized carbons (Fsp3) is 0.333. The predicted molar refractivity (Wildman–Crippen MR) is 233 cm³/mol. The Bertz CT molecular complexity index is 2360. The van der Waals surface area contributed by atoms with Gasteiger partial charge in [0.25, 0.3) is 11.8 Å². The van der Waals surface area contributed by atoms with Crippen LogP contribution in [0.25, 0.3) is 5.69 Å². The Morgan fingerprint density at radius 2 is 1.51 bits per heavy atom. The van der Waals surface area contributed by atoms with Crippen LogP contribution in [0.2, 0.25) is 0 Å². The van der Waals surface area contributed by atoms with Crippen LogP contribution in [0.4, 0.5) is 30.6 Å². The number of unbranched alkanes of at least 4 members (excludes halogenated alkanes) is 1. The number of nitrogens with zero attached hydrogens (tertiary/aromatic N) is 6. The minimum Gasteiger partial charge on any atom is -0.480 e. The van der Waals surface area contributed by atoms with Gasteiger partial charge in [-0.25, -0.2) is 18.3 Å². The van der Waals surface area contributed by atoms with Crippen LogP contribution in [-0.2, 0) is 22.5 Å². The van der Waals surface area contributed by atoms with E-state index in [-0.39, 0.29) is 49.5 Å². The Morgan fingerprint density at radius 3 is 2.13 bits per heavy atom. The van der Waals surface area contributed by atoms with Crippen LogP contribution in [0.5, 0.6) is 5.75 Å². The molecule has 18 heteroatoms. The van der Waals surface area contributed by atoms with E-state index in [1.807, 2.05) is 43.3 Å². The van der Waals surface area contributed by atoms with Gasteiger partial charge in [-0.3, -0.25) is 14.4 Å². The molecule has 0 bridgehead atoms. The highest BCUT2D eigenvalue weighted by molar-refractivity contribution is 5.98. The van der Waals surface area contributed by atoms with E-state index in [2.05, 4.69) is 36.5 Å². The zero-order valence-corrected chi connectivity index (χ0v) is 35.9. The van der Waals surface area contributed by atoms with Gasteiger partial charge in [0.2, 0.25) is 0 Å². The van der Waals surface area contributed by atoms with Gasteiger partial charge in [-0.05, 0) is 131 Å². The van der Waals surface area contributed by atoms with Crippen molar-refractivity contribution in [2.24, 2.45) is 16.0 Å². The van der Waals surface area contributed by atoms with Crippen molar-refractivity contribution in [1.82, 2.24) is 30.9 Å². The summed E-state index contributed by atoms with van der Waals surface area (Å²) in [6.07, 6.45) is 2.07. The third-order valence-electron chi connectivity index (χ3n) is 9.30. The zero-order chi connectivity index (χ0) is 45.5. The van der Waals surface area contributed by atoms with Crippen molar-refractivity contribution in [2.45, 2.75) is 64.6 Å². The molecule has 5 aromatic rings. The summed E-state index contributed by atoms with van der Waals surface area (Å²) in [4.78, 5) is 53.8. The number of hydrogen-bond acceptors (Lipinski definition) is 12. The average Bonchev–Trinajstić information content (AvgIpc) is 3.74. The molecule has 1 heterocycles. The number of ether oxygens (including phenoxy) is 2. The van der Waals surface area contributed by atoms with Crippen molar-refractivity contribution in [1.29, 1.82) is 0 Å². The first kappa shape index (κ1) is 47.0. The van der Waals surface area contributed by atoms with Gasteiger partial charge in [0.05, 0.1) is 35.0 Å². The van der Waals surface area contributed by atoms with Gasteiger partial charge in [0, 0.05) is 50.5 Å². The number of azo groups is 1. The van der Waals surface area contributed by atoms with Gasteiger partial charge < -0.3 is 36.1 Å². The monoisotopic (exact) mass is 866 g/mol. The lowest BCUT2D eigenvalue weighted by Gasteiger charge is -2.20. The Labute approximate surface area is 364 Å². The number of aromatic nitrogens is 3. The predicted octanol–water partition coefficient (Wildman–Crippen LogP) is 6.90. The van der Waals surface area contributed by atoms with Gasteiger partial charge in [0.15, 0.2) is 23.2 Å². The van der Waals surface area contributed by atoms with Crippen LogP contribution in [0, 0.1) is 11.6 Å². The van der Waals surface area contributed by atoms with Crippen LogP contribution >= 0.6 is 0 Å². The molecule has 1 atom stereocenters. The molecule has 3 amide bonds. The molecule has 0 aliphatic heterocycles. The molecule has 0 aliphatic rings. The third kappa shape index (κ3) is 14.5. The molecule has 63 heavy (non-hydrogen) atoms. The molecule has 0 unspecified atom stereocenters. The second-order valence-electron chi connectivity index (χ2n) is 15.7. The number of halogens is 2. The second kappa shape index (κ2) is 22.1. The standard InChI is InChI=1S/C45H52F2N10O6/c1-45(2,3)63-44(61)50-21-7-6-11-39(51-43(60)31-9-8-10-36(25-31)57-27-34(26-48)54-55-57)40(58)28-62-41-37(46)23-29(24-38(41)47)20-22-49-42(59)30-12-14-32(15-13-30)52-53-33-16-18-35(19-17-33)56(4)5/h8-10,12-19,23-25,27,39H,6-7,11,20-22,26,28,48H2,1-5H3,(H,49,59)(H,50,61)(H,51,60)/b53-52+/t39-/m0/s1. The first-order chi connectivity index (χ1) is 30.1. The largest absolute Gasteiger partial charge is 0.480 e. The molecule has 0 fully saturated rings. The Hall–Kier alpha value is -7.08. The summed E-state index contributed by atoms with van der Waals surface area (Å²) in [5.74, 6) is -4.46. The SMILES string of the molecule is CN(C)c1ccc(/N=N/c2ccc(C(=O)NCCc3cc(F)c(OCC(=O)[C@H](CCCCNC(=O)OC(C)(C)C)NC(=O)c4cccc(-n5cc(CN)nn5)c4)c(F)c3)cc2)cc1. The number of alkyl carbamates (subject to hydrolysis) is 1. The molecule has 0 radical (unpaired) electrons. The number of carbonyl (C=O) groups is 4. The number of rotatable bonds is 20. The number of amides is 3. The molecule has 0 saturated carbocycles. The highest BCUT2D eigenvalue weighted by Gasteiger charge is 2.24. The summed E-state index contributed by atoms with van der Waals surface area (Å²) >= 11 is 0. The molecule has 16 nitrogen and oxygen atoms in total. The number of ketones is 1. The van der Waals surface area contributed by atoms with Crippen LogP contribution in [0.1, 0.15) is 72.0 Å². The maximum absolute atomic E-state index is 15.2. The lowest BCUT2D eigenvalue weighted by molar-refractivity contribution is -0.123. The van der Waals surface area contributed by atoms with Crippen molar-refractivity contribution in [3.8, 4) is 11.4 Å². The van der Waals surface area contributed by atoms with Crippen molar-refractivity contribution in [2.75, 3.05) is 38.7 Å². The summed E-state index contributed by atoms with van der Waals surface area (Å²) in [6.45, 7) is 4.97. The normalized spacial score (nSPS) is 11.8. The number of benzene rings is 4. The maximum Gasteiger partial charge on any atom is 0.407 e. The molecule has 332 valence electrons. The van der Waals surface area contributed by atoms with Crippen molar-refractivity contribution < 1.29 is 37.4 Å². The molecule has 0 saturated heterocycles. The summed E-state index contributed by atoms with van der Waals surface area (Å²) in [5.41, 5.74) is 9.14. The fourth-order valence-corrected chi connectivity index (χ4v) is 6.01. The Balaban J connectivity index is 1.15. The molecule has 5 N–H and O–H groups in total. The quantitative estimate of drug-likeness (QED) is 0.0470. The minimum absolute atomic E-state index is 0.0754. The molecule has 1 aromatic heterocycles. The number of Topliss-reactive ketones (excluding diaryl/α,β-unsaturated/α-hetero) is 1. The number of nitrogens with two attached hydrogens (primary N) is 1. The summed E-state index contributed by atoms with van der Waals surface area (Å²) < 4.78 is 42.6. The smallest absolute Gasteiger partial charge is 0.407 e. The fourth-order valence-electron chi connectivity index (χ4n) is 6.01. The van der Waals surface area contributed by atoms with Gasteiger partial charge in [0.1, 0.15) is 12.2 Å². The van der Waals surface area contributed by atoms with E-state index in [4.69, 9.17) is 15.2 Å². The average molecular weight is 867 g/mol. The van der Waals surface area contributed by atoms with Crippen molar-refractivity contribution >= 4 is 40.8 Å². The van der Waals surface area contributed by atoms with Gasteiger partial charge in [-0.1, -0.05) is 11.3 Å². The number of carbonyl (C=O) groups excluding carboxylic acids is 4. The van der Waals surface area contributed by atoms with Gasteiger partial charge in [-0.15, -0.1) is 5.10 Å². The van der Waals surface area contributed by atoms with Crippen LogP contribution in [0.15, 0.2) is 101 Å². The van der Waals surface area contributed by atoms with E-state index in [0.29, 0.717) is 41.2 Å². The molecule has 0 spiro atoms. The van der Waals surface area contributed by atoms with Crippen molar-refractivity contribution in [3.63, 3.8) is 0 Å². The summed E-state index contributed by atoms with van der Waals surface area (Å²) in [5, 5.41) is 24.5. The van der Waals surface area contributed by atoms with E-state index < -0.39 is 53.4 Å². The maximum atomic E-state index is 15.2. The van der Waals surface area contributed by atoms with E-state index >= 15 is 8.78 Å². The van der Waals surface area contributed by atoms with E-state index in [9.17, 15) is 19.2 Å². The Morgan fingerprint density at radius 1 is 0.841 bits per heavy atom. The lowest BCUT2D eigenvalue weighted by atomic mass is 10.0. The number of anilines is 1. The van der Waals surface area contributed by atoms with E-state index in [1.165, 1.54) is 4.68 Å². The summed E-state index contributed by atoms with van der Waals surface area (Å²) in [6, 6.07) is 21.6.